The number of hydrogen-bond acceptors (Lipinski definition) is 4. The molecule has 0 N–H and O–H groups in total. The number of benzene rings is 1. The van der Waals surface area contributed by atoms with Crippen molar-refractivity contribution < 1.29 is 26.3 Å². The Bertz CT molecular complexity index is 1690. The van der Waals surface area contributed by atoms with Crippen LogP contribution >= 0.6 is 0 Å². The van der Waals surface area contributed by atoms with Crippen molar-refractivity contribution >= 4 is 5.52 Å². The molecule has 2 fully saturated rings. The number of fused-ring (bicyclic) bond motifs is 1. The monoisotopic (exact) mass is 620 g/mol. The lowest BCUT2D eigenvalue weighted by atomic mass is 9.72. The molecule has 4 heterocycles. The fourth-order valence-electron chi connectivity index (χ4n) is 6.57. The normalized spacial score (nSPS) is 18.2. The first-order valence-corrected chi connectivity index (χ1v) is 15.0. The number of rotatable bonds is 6. The van der Waals surface area contributed by atoms with Gasteiger partial charge in [0, 0.05) is 31.9 Å². The number of aryl methyl sites for hydroxylation is 1. The van der Waals surface area contributed by atoms with E-state index in [9.17, 15) is 31.1 Å². The molecule has 3 aromatic heterocycles. The van der Waals surface area contributed by atoms with Gasteiger partial charge in [0.05, 0.1) is 22.3 Å². The summed E-state index contributed by atoms with van der Waals surface area (Å²) in [6.07, 6.45) is 1.95. The van der Waals surface area contributed by atoms with Gasteiger partial charge in [0.1, 0.15) is 12.2 Å². The van der Waals surface area contributed by atoms with E-state index >= 15 is 0 Å². The first-order valence-electron chi connectivity index (χ1n) is 15.0. The number of halogens is 6. The van der Waals surface area contributed by atoms with E-state index in [0.29, 0.717) is 11.4 Å². The van der Waals surface area contributed by atoms with Gasteiger partial charge in [-0.05, 0) is 80.1 Å². The number of nitrogens with zero attached hydrogens (tertiary/aromatic N) is 6. The predicted molar refractivity (Wildman–Crippen MR) is 152 cm³/mol. The van der Waals surface area contributed by atoms with E-state index in [2.05, 4.69) is 15.1 Å². The standard InChI is InChI=1S/C31H34F6N6O/c1-40-19-38-39-28(40)27(21-8-7-9-21)22-13-23(30(32,33)34)15-24(14-22)42-18-26-25(31(35,36)37)12-20(17-43(26)29(42)44)16-41-10-5-3-2-4-6-11-41/h12-15,17-19,21,27H,2-11,16H2,1H3/t27-/m1/s1. The van der Waals surface area contributed by atoms with Crippen LogP contribution in [0.25, 0.3) is 11.2 Å². The lowest BCUT2D eigenvalue weighted by Crippen LogP contribution is -2.28. The Morgan fingerprint density at radius 3 is 2.18 bits per heavy atom. The zero-order valence-corrected chi connectivity index (χ0v) is 24.3. The van der Waals surface area contributed by atoms with Crippen LogP contribution in [0.1, 0.15) is 85.4 Å². The molecule has 1 saturated carbocycles. The molecule has 1 atom stereocenters. The molecule has 0 bridgehead atoms. The van der Waals surface area contributed by atoms with Crippen LogP contribution in [-0.2, 0) is 25.9 Å². The minimum atomic E-state index is -4.78. The van der Waals surface area contributed by atoms with Gasteiger partial charge >= 0.3 is 18.0 Å². The largest absolute Gasteiger partial charge is 0.418 e. The van der Waals surface area contributed by atoms with E-state index < -0.39 is 40.6 Å². The highest BCUT2D eigenvalue weighted by atomic mass is 19.4. The number of pyridine rings is 1. The van der Waals surface area contributed by atoms with Crippen molar-refractivity contribution in [3.63, 3.8) is 0 Å². The van der Waals surface area contributed by atoms with Gasteiger partial charge in [-0.15, -0.1) is 10.2 Å². The van der Waals surface area contributed by atoms with Crippen molar-refractivity contribution in [2.75, 3.05) is 13.1 Å². The second kappa shape index (κ2) is 11.7. The predicted octanol–water partition coefficient (Wildman–Crippen LogP) is 6.95. The van der Waals surface area contributed by atoms with E-state index in [1.807, 2.05) is 0 Å². The molecule has 1 aliphatic heterocycles. The fourth-order valence-corrected chi connectivity index (χ4v) is 6.57. The van der Waals surface area contributed by atoms with Gasteiger partial charge in [0.25, 0.3) is 0 Å². The third-order valence-corrected chi connectivity index (χ3v) is 9.03. The highest BCUT2D eigenvalue weighted by molar-refractivity contribution is 5.58. The maximum atomic E-state index is 14.4. The Morgan fingerprint density at radius 2 is 1.59 bits per heavy atom. The third kappa shape index (κ3) is 6.02. The van der Waals surface area contributed by atoms with Crippen molar-refractivity contribution in [2.24, 2.45) is 13.0 Å². The molecule has 13 heteroatoms. The second-order valence-electron chi connectivity index (χ2n) is 12.1. The van der Waals surface area contributed by atoms with Crippen molar-refractivity contribution in [1.29, 1.82) is 0 Å². The van der Waals surface area contributed by atoms with E-state index in [1.54, 1.807) is 11.6 Å². The molecule has 0 spiro atoms. The lowest BCUT2D eigenvalue weighted by molar-refractivity contribution is -0.138. The molecule has 0 amide bonds. The zero-order valence-electron chi connectivity index (χ0n) is 24.3. The highest BCUT2D eigenvalue weighted by Gasteiger charge is 2.38. The molecule has 1 aromatic carbocycles. The molecule has 0 radical (unpaired) electrons. The Morgan fingerprint density at radius 1 is 0.886 bits per heavy atom. The number of hydrogen-bond donors (Lipinski definition) is 0. The third-order valence-electron chi connectivity index (χ3n) is 9.03. The van der Waals surface area contributed by atoms with Gasteiger partial charge in [0.15, 0.2) is 0 Å². The summed E-state index contributed by atoms with van der Waals surface area (Å²) in [5, 5.41) is 8.10. The SMILES string of the molecule is Cn1cnnc1[C@@H](c1cc(-n2cc3c(C(F)(F)F)cc(CN4CCCCCCC4)cn3c2=O)cc(C(F)(F)F)c1)C1CCC1. The Hall–Kier alpha value is -3.61. The molecular weight excluding hydrogens is 586 g/mol. The molecule has 236 valence electrons. The molecule has 7 nitrogen and oxygen atoms in total. The van der Waals surface area contributed by atoms with Crippen LogP contribution < -0.4 is 5.69 Å². The topological polar surface area (TPSA) is 60.4 Å². The molecule has 6 rings (SSSR count). The van der Waals surface area contributed by atoms with Crippen LogP contribution in [0.2, 0.25) is 0 Å². The maximum absolute atomic E-state index is 14.4. The Kier molecular flexibility index (Phi) is 8.10. The fraction of sp³-hybridized carbons (Fsp3) is 0.516. The summed E-state index contributed by atoms with van der Waals surface area (Å²) in [5.74, 6) is -0.0236. The van der Waals surface area contributed by atoms with Crippen LogP contribution in [0.3, 0.4) is 0 Å². The van der Waals surface area contributed by atoms with Crippen LogP contribution in [0.4, 0.5) is 26.3 Å². The number of imidazole rings is 1. The van der Waals surface area contributed by atoms with Crippen LogP contribution in [0, 0.1) is 5.92 Å². The summed E-state index contributed by atoms with van der Waals surface area (Å²) in [4.78, 5) is 15.8. The summed E-state index contributed by atoms with van der Waals surface area (Å²) in [7, 11) is 1.71. The first-order chi connectivity index (χ1) is 20.9. The first kappa shape index (κ1) is 30.4. The van der Waals surface area contributed by atoms with Gasteiger partial charge in [-0.2, -0.15) is 26.3 Å². The number of alkyl halides is 6. The average molecular weight is 621 g/mol. The minimum absolute atomic E-state index is 0.0155. The maximum Gasteiger partial charge on any atom is 0.418 e. The van der Waals surface area contributed by atoms with E-state index in [-0.39, 0.29) is 23.7 Å². The van der Waals surface area contributed by atoms with E-state index in [1.165, 1.54) is 18.6 Å². The minimum Gasteiger partial charge on any atom is -0.320 e. The Labute approximate surface area is 250 Å². The van der Waals surface area contributed by atoms with Crippen LogP contribution in [0.5, 0.6) is 0 Å². The molecular formula is C31H34F6N6O. The van der Waals surface area contributed by atoms with Crippen LogP contribution in [-0.4, -0.2) is 41.7 Å². The Balaban J connectivity index is 1.49. The summed E-state index contributed by atoms with van der Waals surface area (Å²) in [6.45, 7) is 1.73. The van der Waals surface area contributed by atoms with Gasteiger partial charge in [-0.1, -0.05) is 25.7 Å². The van der Waals surface area contributed by atoms with E-state index in [4.69, 9.17) is 0 Å². The van der Waals surface area contributed by atoms with Crippen LogP contribution in [0.15, 0.2) is 47.8 Å². The van der Waals surface area contributed by atoms with Gasteiger partial charge in [0.2, 0.25) is 0 Å². The number of aromatic nitrogens is 5. The van der Waals surface area contributed by atoms with Gasteiger partial charge in [-0.25, -0.2) is 4.79 Å². The summed E-state index contributed by atoms with van der Waals surface area (Å²) in [6, 6.07) is 4.37. The van der Waals surface area contributed by atoms with Crippen molar-refractivity contribution in [3.05, 3.63) is 81.5 Å². The smallest absolute Gasteiger partial charge is 0.320 e. The average Bonchev–Trinajstić information content (AvgIpc) is 3.48. The van der Waals surface area contributed by atoms with Crippen molar-refractivity contribution in [1.82, 2.24) is 28.6 Å². The summed E-state index contributed by atoms with van der Waals surface area (Å²) < 4.78 is 89.2. The quantitative estimate of drug-likeness (QED) is 0.219. The highest BCUT2D eigenvalue weighted by Crippen LogP contribution is 2.44. The molecule has 4 aromatic rings. The number of likely N-dealkylation sites (tertiary alicyclic amines) is 1. The summed E-state index contributed by atoms with van der Waals surface area (Å²) in [5.41, 5.74) is -2.84. The van der Waals surface area contributed by atoms with E-state index in [0.717, 1.165) is 97.8 Å². The van der Waals surface area contributed by atoms with Crippen molar-refractivity contribution in [2.45, 2.75) is 76.2 Å². The summed E-state index contributed by atoms with van der Waals surface area (Å²) >= 11 is 0. The van der Waals surface area contributed by atoms with Gasteiger partial charge in [-0.3, -0.25) is 13.9 Å². The molecule has 44 heavy (non-hydrogen) atoms. The molecule has 1 saturated heterocycles. The lowest BCUT2D eigenvalue weighted by Gasteiger charge is -2.34. The molecule has 2 aliphatic rings. The van der Waals surface area contributed by atoms with Crippen molar-refractivity contribution in [3.8, 4) is 5.69 Å². The zero-order chi connectivity index (χ0) is 31.2. The second-order valence-corrected chi connectivity index (χ2v) is 12.1. The molecule has 0 unspecified atom stereocenters. The van der Waals surface area contributed by atoms with Gasteiger partial charge < -0.3 is 4.57 Å². The molecule has 1 aliphatic carbocycles.